The van der Waals surface area contributed by atoms with Crippen LogP contribution in [0, 0.1) is 6.92 Å². The Morgan fingerprint density at radius 3 is 2.50 bits per heavy atom. The molecule has 0 saturated carbocycles. The van der Waals surface area contributed by atoms with Crippen molar-refractivity contribution in [3.63, 3.8) is 0 Å². The van der Waals surface area contributed by atoms with Gasteiger partial charge in [0.25, 0.3) is 5.56 Å². The van der Waals surface area contributed by atoms with Crippen LogP contribution in [0.15, 0.2) is 52.3 Å². The fourth-order valence-electron chi connectivity index (χ4n) is 4.57. The Morgan fingerprint density at radius 2 is 1.93 bits per heavy atom. The lowest BCUT2D eigenvalue weighted by molar-refractivity contribution is -0.125. The van der Waals surface area contributed by atoms with Crippen LogP contribution in [-0.4, -0.2) is 56.4 Å². The highest BCUT2D eigenvalue weighted by Crippen LogP contribution is 2.31. The zero-order valence-electron chi connectivity index (χ0n) is 23.1. The van der Waals surface area contributed by atoms with E-state index in [0.29, 0.717) is 28.0 Å². The van der Waals surface area contributed by atoms with Gasteiger partial charge in [-0.25, -0.2) is 14.0 Å². The number of nitrogens with two attached hydrogens (primary N) is 1. The topological polar surface area (TPSA) is 144 Å². The fraction of sp³-hybridized carbons (Fsp3) is 0.429. The van der Waals surface area contributed by atoms with E-state index in [4.69, 9.17) is 20.3 Å². The Bertz CT molecular complexity index is 1600. The number of aryl methyl sites for hydroxylation is 3. The van der Waals surface area contributed by atoms with E-state index < -0.39 is 22.7 Å². The van der Waals surface area contributed by atoms with Gasteiger partial charge in [-0.1, -0.05) is 29.5 Å². The first kappa shape index (κ1) is 29.2. The normalized spacial score (nSPS) is 14.1. The zero-order chi connectivity index (χ0) is 29.0. The highest BCUT2D eigenvalue weighted by Gasteiger charge is 2.33. The van der Waals surface area contributed by atoms with E-state index in [0.717, 1.165) is 41.2 Å². The predicted molar refractivity (Wildman–Crippen MR) is 153 cm³/mol. The summed E-state index contributed by atoms with van der Waals surface area (Å²) in [6.45, 7) is 6.52. The maximum Gasteiger partial charge on any atom is 0.333 e. The van der Waals surface area contributed by atoms with Gasteiger partial charge in [0.05, 0.1) is 18.6 Å². The molecule has 1 saturated heterocycles. The van der Waals surface area contributed by atoms with Crippen molar-refractivity contribution in [1.82, 2.24) is 18.9 Å². The van der Waals surface area contributed by atoms with Gasteiger partial charge in [0.2, 0.25) is 5.91 Å². The molecule has 40 heavy (non-hydrogen) atoms. The summed E-state index contributed by atoms with van der Waals surface area (Å²) in [5.74, 6) is -0.0512. The molecule has 4 aromatic rings. The standard InChI is InChI=1S/C23H25N5O4S.C5H10O2/c1-14-17-18(29)28(23(2,3)21(24)30)22(31)26(13-10-15-8-5-6-9-16(15)32-4)20(17)33-19(14)27-12-7-11-25-27;6-5-1-3-7-4-2-5/h5-9,11-12H,10,13H2,1-4H3,(H2,24,30);5-6H,1-4H2. The van der Waals surface area contributed by atoms with E-state index in [1.165, 1.54) is 25.2 Å². The first-order valence-electron chi connectivity index (χ1n) is 13.0. The Morgan fingerprint density at radius 1 is 1.23 bits per heavy atom. The summed E-state index contributed by atoms with van der Waals surface area (Å²) in [6.07, 6.45) is 5.46. The predicted octanol–water partition coefficient (Wildman–Crippen LogP) is 2.35. The second-order valence-electron chi connectivity index (χ2n) is 10.1. The quantitative estimate of drug-likeness (QED) is 0.348. The van der Waals surface area contributed by atoms with Crippen LogP contribution in [-0.2, 0) is 28.0 Å². The van der Waals surface area contributed by atoms with Gasteiger partial charge in [-0.2, -0.15) is 5.10 Å². The number of fused-ring (bicyclic) bond motifs is 1. The number of hydrogen-bond acceptors (Lipinski definition) is 8. The van der Waals surface area contributed by atoms with Gasteiger partial charge in [0, 0.05) is 37.7 Å². The Balaban J connectivity index is 0.000000461. The Labute approximate surface area is 235 Å². The summed E-state index contributed by atoms with van der Waals surface area (Å²) >= 11 is 1.31. The van der Waals surface area contributed by atoms with Crippen LogP contribution < -0.4 is 21.7 Å². The van der Waals surface area contributed by atoms with Gasteiger partial charge in [-0.05, 0) is 57.7 Å². The number of carbonyl (C=O) groups excluding carboxylic acids is 1. The largest absolute Gasteiger partial charge is 0.496 e. The van der Waals surface area contributed by atoms with Crippen molar-refractivity contribution in [1.29, 1.82) is 0 Å². The molecule has 0 aliphatic carbocycles. The van der Waals surface area contributed by atoms with Crippen molar-refractivity contribution >= 4 is 27.5 Å². The van der Waals surface area contributed by atoms with E-state index >= 15 is 0 Å². The number of para-hydroxylation sites is 1. The highest BCUT2D eigenvalue weighted by molar-refractivity contribution is 7.21. The minimum absolute atomic E-state index is 0.0891. The molecule has 3 N–H and O–H groups in total. The number of aromatic nitrogens is 4. The number of aliphatic hydroxyl groups is 1. The van der Waals surface area contributed by atoms with Crippen molar-refractivity contribution in [2.45, 2.75) is 58.2 Å². The number of nitrogens with zero attached hydrogens (tertiary/aromatic N) is 4. The number of thiophene rings is 1. The minimum Gasteiger partial charge on any atom is -0.496 e. The average Bonchev–Trinajstić information content (AvgIpc) is 3.57. The summed E-state index contributed by atoms with van der Waals surface area (Å²) in [6, 6.07) is 9.35. The van der Waals surface area contributed by atoms with Crippen LogP contribution in [0.5, 0.6) is 5.75 Å². The molecule has 1 amide bonds. The second-order valence-corrected chi connectivity index (χ2v) is 11.0. The SMILES string of the molecule is COc1ccccc1CCn1c(=O)n(C(C)(C)C(N)=O)c(=O)c2c(C)c(-n3cccn3)sc21.OC1CCOCC1. The van der Waals surface area contributed by atoms with Crippen LogP contribution in [0.25, 0.3) is 15.2 Å². The number of carbonyl (C=O) groups is 1. The number of methoxy groups -OCH3 is 1. The third-order valence-corrected chi connectivity index (χ3v) is 8.35. The first-order chi connectivity index (χ1) is 19.1. The number of benzene rings is 1. The molecular formula is C28H35N5O6S. The van der Waals surface area contributed by atoms with Gasteiger partial charge in [-0.3, -0.25) is 14.2 Å². The number of primary amides is 1. The first-order valence-corrected chi connectivity index (χ1v) is 13.9. The number of aliphatic hydroxyl groups excluding tert-OH is 1. The zero-order valence-corrected chi connectivity index (χ0v) is 23.9. The highest BCUT2D eigenvalue weighted by atomic mass is 32.1. The van der Waals surface area contributed by atoms with Gasteiger partial charge in [0.1, 0.15) is 21.1 Å². The van der Waals surface area contributed by atoms with E-state index in [1.807, 2.05) is 31.2 Å². The van der Waals surface area contributed by atoms with Crippen molar-refractivity contribution < 1.29 is 19.4 Å². The number of ether oxygens (including phenoxy) is 2. The molecule has 5 rings (SSSR count). The molecule has 0 radical (unpaired) electrons. The minimum atomic E-state index is -1.51. The molecule has 1 aliphatic rings. The fourth-order valence-corrected chi connectivity index (χ4v) is 5.83. The molecule has 0 spiro atoms. The van der Waals surface area contributed by atoms with Gasteiger partial charge in [0.15, 0.2) is 0 Å². The molecule has 4 heterocycles. The molecule has 1 fully saturated rings. The third kappa shape index (κ3) is 5.74. The molecule has 214 valence electrons. The third-order valence-electron chi connectivity index (χ3n) is 7.05. The second kappa shape index (κ2) is 12.2. The molecular weight excluding hydrogens is 534 g/mol. The molecule has 3 aromatic heterocycles. The van der Waals surface area contributed by atoms with Crippen molar-refractivity contribution in [2.75, 3.05) is 20.3 Å². The van der Waals surface area contributed by atoms with Crippen molar-refractivity contribution in [2.24, 2.45) is 5.73 Å². The van der Waals surface area contributed by atoms with E-state index in [1.54, 1.807) is 34.8 Å². The maximum atomic E-state index is 13.6. The number of amides is 1. The Kier molecular flexibility index (Phi) is 8.92. The van der Waals surface area contributed by atoms with Crippen molar-refractivity contribution in [3.05, 3.63) is 74.7 Å². The maximum absolute atomic E-state index is 13.6. The van der Waals surface area contributed by atoms with Crippen LogP contribution in [0.1, 0.15) is 37.8 Å². The molecule has 1 aromatic carbocycles. The molecule has 1 aliphatic heterocycles. The van der Waals surface area contributed by atoms with Crippen LogP contribution in [0.2, 0.25) is 0 Å². The summed E-state index contributed by atoms with van der Waals surface area (Å²) in [7, 11) is 1.59. The average molecular weight is 570 g/mol. The summed E-state index contributed by atoms with van der Waals surface area (Å²) < 4.78 is 14.6. The lowest BCUT2D eigenvalue weighted by Crippen LogP contribution is -2.54. The summed E-state index contributed by atoms with van der Waals surface area (Å²) in [4.78, 5) is 39.9. The molecule has 0 bridgehead atoms. The molecule has 11 nitrogen and oxygen atoms in total. The van der Waals surface area contributed by atoms with Gasteiger partial charge in [-0.15, -0.1) is 0 Å². The lowest BCUT2D eigenvalue weighted by Gasteiger charge is -2.24. The summed E-state index contributed by atoms with van der Waals surface area (Å²) in [5, 5.41) is 14.2. The van der Waals surface area contributed by atoms with Gasteiger partial charge < -0.3 is 20.3 Å². The number of hydrogen-bond donors (Lipinski definition) is 2. The van der Waals surface area contributed by atoms with Crippen LogP contribution in [0.4, 0.5) is 0 Å². The smallest absolute Gasteiger partial charge is 0.333 e. The van der Waals surface area contributed by atoms with E-state index in [2.05, 4.69) is 5.10 Å². The molecule has 12 heteroatoms. The van der Waals surface area contributed by atoms with Crippen LogP contribution >= 0.6 is 11.3 Å². The lowest BCUT2D eigenvalue weighted by atomic mass is 10.0. The monoisotopic (exact) mass is 569 g/mol. The summed E-state index contributed by atoms with van der Waals surface area (Å²) in [5.41, 5.74) is 4.56. The van der Waals surface area contributed by atoms with Crippen LogP contribution in [0.3, 0.4) is 0 Å². The van der Waals surface area contributed by atoms with E-state index in [-0.39, 0.29) is 12.6 Å². The number of rotatable bonds is 7. The van der Waals surface area contributed by atoms with Crippen molar-refractivity contribution in [3.8, 4) is 10.8 Å². The van der Waals surface area contributed by atoms with Gasteiger partial charge >= 0.3 is 5.69 Å². The molecule has 0 atom stereocenters. The van der Waals surface area contributed by atoms with E-state index in [9.17, 15) is 14.4 Å². The Hall–Kier alpha value is -3.74. The molecule has 0 unspecified atom stereocenters.